The lowest BCUT2D eigenvalue weighted by molar-refractivity contribution is 0.391. The van der Waals surface area contributed by atoms with Gasteiger partial charge < -0.3 is 23.8 Å². The van der Waals surface area contributed by atoms with Gasteiger partial charge in [0.1, 0.15) is 23.0 Å². The van der Waals surface area contributed by atoms with Crippen LogP contribution in [0.25, 0.3) is 32.3 Å². The highest BCUT2D eigenvalue weighted by Gasteiger charge is 2.09. The van der Waals surface area contributed by atoms with Crippen LogP contribution in [0.2, 0.25) is 0 Å². The van der Waals surface area contributed by atoms with Crippen LogP contribution in [0.5, 0.6) is 23.0 Å². The molecule has 0 aliphatic rings. The van der Waals surface area contributed by atoms with Crippen LogP contribution < -0.4 is 23.8 Å². The van der Waals surface area contributed by atoms with E-state index in [-0.39, 0.29) is 0 Å². The predicted molar refractivity (Wildman–Crippen MR) is 280 cm³/mol. The van der Waals surface area contributed by atoms with Crippen molar-refractivity contribution in [2.45, 2.75) is 83.1 Å². The molecule has 0 saturated carbocycles. The van der Waals surface area contributed by atoms with Crippen molar-refractivity contribution in [3.8, 4) is 23.0 Å². The first kappa shape index (κ1) is 51.1. The van der Waals surface area contributed by atoms with Gasteiger partial charge in [-0.05, 0) is 191 Å². The van der Waals surface area contributed by atoms with E-state index in [0.29, 0.717) is 0 Å². The highest BCUT2D eigenvalue weighted by Crippen LogP contribution is 2.33. The molecule has 1 aromatic heterocycles. The lowest BCUT2D eigenvalue weighted by Crippen LogP contribution is -2.09. The van der Waals surface area contributed by atoms with Gasteiger partial charge in [-0.15, -0.1) is 0 Å². The predicted octanol–water partition coefficient (Wildman–Crippen LogP) is 15.1. The summed E-state index contributed by atoms with van der Waals surface area (Å²) in [7, 11) is 10.9. The normalized spacial score (nSPS) is 10.3. The molecule has 0 amide bonds. The molecule has 0 saturated heterocycles. The van der Waals surface area contributed by atoms with Gasteiger partial charge in [0.2, 0.25) is 0 Å². The maximum atomic E-state index is 5.36. The second-order valence-corrected chi connectivity index (χ2v) is 17.0. The average molecular weight is 873 g/mol. The van der Waals surface area contributed by atoms with Crippen molar-refractivity contribution in [1.29, 1.82) is 0 Å². The van der Waals surface area contributed by atoms with Crippen LogP contribution in [-0.4, -0.2) is 47.5 Å². The summed E-state index contributed by atoms with van der Waals surface area (Å²) in [6.45, 7) is 25.3. The monoisotopic (exact) mass is 873 g/mol. The van der Waals surface area contributed by atoms with Gasteiger partial charge in [-0.1, -0.05) is 72.8 Å². The largest absolute Gasteiger partial charge is 0.497 e. The molecule has 7 aromatic carbocycles. The molecule has 6 nitrogen and oxygen atoms in total. The summed E-state index contributed by atoms with van der Waals surface area (Å²) in [5.74, 6) is 3.66. The summed E-state index contributed by atoms with van der Waals surface area (Å²) >= 11 is 0. The molecule has 6 heteroatoms. The van der Waals surface area contributed by atoms with Gasteiger partial charge in [0, 0.05) is 48.0 Å². The molecule has 65 heavy (non-hydrogen) atoms. The van der Waals surface area contributed by atoms with Crippen molar-refractivity contribution in [1.82, 2.24) is 4.98 Å². The van der Waals surface area contributed by atoms with E-state index in [4.69, 9.17) is 18.9 Å². The maximum Gasteiger partial charge on any atom is 0.126 e. The number of hydrogen-bond donors (Lipinski definition) is 0. The molecule has 0 aliphatic heterocycles. The minimum Gasteiger partial charge on any atom is -0.497 e. The third-order valence-electron chi connectivity index (χ3n) is 12.5. The third-order valence-corrected chi connectivity index (χ3v) is 12.5. The van der Waals surface area contributed by atoms with E-state index in [1.165, 1.54) is 93.6 Å². The SMILES string of the molecule is COc1cc(C)c(C)c(OC)c1.COc1cc(C)c(C)c2ccccc12.COc1cc2ccccc2c(C)c1C.Cc1cc(C)c(C)c(C)n1.Cc1cc(N(C)C)c2ccccc2c1C. The Morgan fingerprint density at radius 3 is 1.37 bits per heavy atom. The number of ether oxygens (including phenoxy) is 4. The molecule has 0 spiro atoms. The van der Waals surface area contributed by atoms with Crippen molar-refractivity contribution in [2.24, 2.45) is 0 Å². The van der Waals surface area contributed by atoms with Crippen molar-refractivity contribution < 1.29 is 18.9 Å². The number of rotatable bonds is 5. The summed E-state index contributed by atoms with van der Waals surface area (Å²) in [6.07, 6.45) is 0. The second kappa shape index (κ2) is 23.4. The summed E-state index contributed by atoms with van der Waals surface area (Å²) in [4.78, 5) is 6.51. The van der Waals surface area contributed by atoms with Gasteiger partial charge in [0.15, 0.2) is 0 Å². The number of anilines is 1. The fraction of sp³-hybridized carbons (Fsp3) is 0.305. The van der Waals surface area contributed by atoms with E-state index in [0.717, 1.165) is 34.4 Å². The molecule has 0 fully saturated rings. The molecule has 0 bridgehead atoms. The number of methoxy groups -OCH3 is 4. The van der Waals surface area contributed by atoms with Crippen LogP contribution >= 0.6 is 0 Å². The van der Waals surface area contributed by atoms with E-state index < -0.39 is 0 Å². The van der Waals surface area contributed by atoms with Crippen molar-refractivity contribution >= 4 is 38.0 Å². The standard InChI is InChI=1S/C14H17N.2C13H14O.C10H14O2.C9H13N/c1-10-9-14(15(3)4)13-8-6-5-7-12(13)11(10)2;1-9-10(2)13(14-3)8-11-6-4-5-7-12(9)11;1-9-8-13(14-3)12-7-5-4-6-11(12)10(9)2;1-7-5-9(11-3)6-10(12-4)8(7)2;1-6-5-7(2)10-9(4)8(6)3/h5-9H,1-4H3;2*4-8H,1-3H3;5-6H,1-4H3;5H,1-4H3. The van der Waals surface area contributed by atoms with E-state index in [1.807, 2.05) is 39.0 Å². The fourth-order valence-corrected chi connectivity index (χ4v) is 7.82. The summed E-state index contributed by atoms with van der Waals surface area (Å²) < 4.78 is 21.0. The van der Waals surface area contributed by atoms with Crippen molar-refractivity contribution in [3.05, 3.63) is 176 Å². The van der Waals surface area contributed by atoms with Gasteiger partial charge in [0.05, 0.1) is 28.4 Å². The Balaban J connectivity index is 0.000000179. The van der Waals surface area contributed by atoms with Crippen LogP contribution in [0.15, 0.2) is 109 Å². The molecule has 8 rings (SSSR count). The van der Waals surface area contributed by atoms with Crippen LogP contribution in [-0.2, 0) is 0 Å². The number of benzene rings is 7. The summed E-state index contributed by atoms with van der Waals surface area (Å²) in [5.41, 5.74) is 16.5. The number of fused-ring (bicyclic) bond motifs is 3. The van der Waals surface area contributed by atoms with Crippen LogP contribution in [0.4, 0.5) is 5.69 Å². The van der Waals surface area contributed by atoms with E-state index in [2.05, 4.69) is 177 Å². The number of nitrogens with zero attached hydrogens (tertiary/aromatic N) is 2. The number of pyridine rings is 1. The lowest BCUT2D eigenvalue weighted by Gasteiger charge is -2.18. The number of aryl methyl sites for hydroxylation is 9. The lowest BCUT2D eigenvalue weighted by atomic mass is 9.99. The molecule has 0 unspecified atom stereocenters. The van der Waals surface area contributed by atoms with Crippen LogP contribution in [0.1, 0.15) is 67.0 Å². The first-order valence-corrected chi connectivity index (χ1v) is 22.2. The van der Waals surface area contributed by atoms with Crippen LogP contribution in [0, 0.1) is 83.1 Å². The molecule has 342 valence electrons. The molecule has 8 aromatic rings. The van der Waals surface area contributed by atoms with E-state index in [9.17, 15) is 0 Å². The highest BCUT2D eigenvalue weighted by molar-refractivity contribution is 5.97. The Labute approximate surface area is 390 Å². The molecule has 1 heterocycles. The number of aromatic nitrogens is 1. The first-order chi connectivity index (χ1) is 30.9. The molecular weight excluding hydrogens is 801 g/mol. The maximum absolute atomic E-state index is 5.36. The van der Waals surface area contributed by atoms with E-state index >= 15 is 0 Å². The zero-order chi connectivity index (χ0) is 48.1. The van der Waals surface area contributed by atoms with Gasteiger partial charge in [-0.25, -0.2) is 0 Å². The minimum atomic E-state index is 0.843. The molecule has 0 aliphatic carbocycles. The average Bonchev–Trinajstić information content (AvgIpc) is 3.30. The van der Waals surface area contributed by atoms with Gasteiger partial charge in [-0.3, -0.25) is 4.98 Å². The minimum absolute atomic E-state index is 0.843. The molecular formula is C59H72N2O4. The molecule has 0 radical (unpaired) electrons. The van der Waals surface area contributed by atoms with Crippen molar-refractivity contribution in [3.63, 3.8) is 0 Å². The van der Waals surface area contributed by atoms with Gasteiger partial charge >= 0.3 is 0 Å². The Morgan fingerprint density at radius 2 is 0.831 bits per heavy atom. The smallest absolute Gasteiger partial charge is 0.126 e. The van der Waals surface area contributed by atoms with Crippen molar-refractivity contribution in [2.75, 3.05) is 47.4 Å². The topological polar surface area (TPSA) is 53.1 Å². The zero-order valence-corrected chi connectivity index (χ0v) is 42.4. The summed E-state index contributed by atoms with van der Waals surface area (Å²) in [6, 6.07) is 37.8. The first-order valence-electron chi connectivity index (χ1n) is 22.2. The Morgan fingerprint density at radius 1 is 0.369 bits per heavy atom. The fourth-order valence-electron chi connectivity index (χ4n) is 7.82. The van der Waals surface area contributed by atoms with Gasteiger partial charge in [0.25, 0.3) is 0 Å². The molecule has 0 atom stereocenters. The summed E-state index contributed by atoms with van der Waals surface area (Å²) in [5, 5.41) is 7.73. The Kier molecular flexibility index (Phi) is 18.4. The highest BCUT2D eigenvalue weighted by atomic mass is 16.5. The van der Waals surface area contributed by atoms with Crippen LogP contribution in [0.3, 0.4) is 0 Å². The van der Waals surface area contributed by atoms with E-state index in [1.54, 1.807) is 28.4 Å². The van der Waals surface area contributed by atoms with Gasteiger partial charge in [-0.2, -0.15) is 0 Å². The second-order valence-electron chi connectivity index (χ2n) is 17.0. The zero-order valence-electron chi connectivity index (χ0n) is 42.4. The quantitative estimate of drug-likeness (QED) is 0.172. The Bertz CT molecular complexity index is 2850. The molecule has 0 N–H and O–H groups in total. The third kappa shape index (κ3) is 12.6. The Hall–Kier alpha value is -6.53. The number of hydrogen-bond acceptors (Lipinski definition) is 6.